The summed E-state index contributed by atoms with van der Waals surface area (Å²) in [6.45, 7) is 1.08. The van der Waals surface area contributed by atoms with Gasteiger partial charge >= 0.3 is 12.1 Å². The maximum absolute atomic E-state index is 12.7. The van der Waals surface area contributed by atoms with Crippen LogP contribution in [0.1, 0.15) is 21.8 Å². The Bertz CT molecular complexity index is 768. The molecule has 1 N–H and O–H groups in total. The monoisotopic (exact) mass is 342 g/mol. The molecule has 128 valence electrons. The van der Waals surface area contributed by atoms with Crippen molar-refractivity contribution in [1.29, 1.82) is 0 Å². The second kappa shape index (κ2) is 6.73. The minimum atomic E-state index is -4.50. The zero-order valence-electron chi connectivity index (χ0n) is 12.7. The van der Waals surface area contributed by atoms with Gasteiger partial charge in [-0.25, -0.2) is 4.98 Å². The summed E-state index contributed by atoms with van der Waals surface area (Å²) in [6, 6.07) is 4.40. The number of hydrogen-bond donors (Lipinski definition) is 1. The number of esters is 1. The number of rotatable bonds is 4. The van der Waals surface area contributed by atoms with Crippen LogP contribution < -0.4 is 5.32 Å². The smallest absolute Gasteiger partial charge is 0.416 e. The van der Waals surface area contributed by atoms with E-state index in [4.69, 9.17) is 4.42 Å². The molecule has 0 atom stereocenters. The predicted molar refractivity (Wildman–Crippen MR) is 76.0 cm³/mol. The molecule has 0 bridgehead atoms. The highest BCUT2D eigenvalue weighted by Gasteiger charge is 2.31. The molecule has 0 unspecified atom stereocenters. The predicted octanol–water partition coefficient (Wildman–Crippen LogP) is 2.57. The normalized spacial score (nSPS) is 11.2. The molecule has 0 saturated heterocycles. The first-order valence-electron chi connectivity index (χ1n) is 6.72. The second-order valence-corrected chi connectivity index (χ2v) is 4.76. The molecule has 24 heavy (non-hydrogen) atoms. The molecule has 0 radical (unpaired) electrons. The fourth-order valence-electron chi connectivity index (χ4n) is 1.87. The van der Waals surface area contributed by atoms with Gasteiger partial charge in [-0.15, -0.1) is 0 Å². The van der Waals surface area contributed by atoms with Gasteiger partial charge in [0.25, 0.3) is 5.91 Å². The number of oxazole rings is 1. The number of carbonyl (C=O) groups is 2. The van der Waals surface area contributed by atoms with E-state index in [1.54, 1.807) is 0 Å². The molecule has 2 rings (SSSR count). The van der Waals surface area contributed by atoms with Gasteiger partial charge in [-0.05, 0) is 25.1 Å². The van der Waals surface area contributed by atoms with E-state index in [2.05, 4.69) is 15.0 Å². The minimum absolute atomic E-state index is 0.0833. The summed E-state index contributed by atoms with van der Waals surface area (Å²) in [5, 5.41) is 2.27. The highest BCUT2D eigenvalue weighted by atomic mass is 19.4. The van der Waals surface area contributed by atoms with E-state index >= 15 is 0 Å². The first-order chi connectivity index (χ1) is 11.2. The number of halogens is 3. The Kier molecular flexibility index (Phi) is 4.91. The number of carbonyl (C=O) groups excluding carboxylic acids is 2. The fraction of sp³-hybridized carbons (Fsp3) is 0.267. The maximum atomic E-state index is 12.7. The lowest BCUT2D eigenvalue weighted by Crippen LogP contribution is -2.30. The molecule has 0 aliphatic carbocycles. The van der Waals surface area contributed by atoms with E-state index in [0.29, 0.717) is 0 Å². The number of alkyl halides is 3. The average molecular weight is 342 g/mol. The summed E-state index contributed by atoms with van der Waals surface area (Å²) in [6.07, 6.45) is -4.50. The Morgan fingerprint density at radius 2 is 2.04 bits per heavy atom. The Morgan fingerprint density at radius 1 is 1.33 bits per heavy atom. The molecule has 0 saturated carbocycles. The standard InChI is InChI=1S/C15H13F3N2O4/c1-8-12(13(22)19-7-11(21)23-2)20-14(24-8)9-4-3-5-10(6-9)15(16,17)18/h3-6H,7H2,1-2H3,(H,19,22). The van der Waals surface area contributed by atoms with E-state index in [-0.39, 0.29) is 29.5 Å². The van der Waals surface area contributed by atoms with Gasteiger partial charge in [-0.1, -0.05) is 6.07 Å². The van der Waals surface area contributed by atoms with Gasteiger partial charge in [-0.2, -0.15) is 13.2 Å². The van der Waals surface area contributed by atoms with Crippen LogP contribution in [0.2, 0.25) is 0 Å². The summed E-state index contributed by atoms with van der Waals surface area (Å²) in [4.78, 5) is 26.8. The SMILES string of the molecule is COC(=O)CNC(=O)c1nc(-c2cccc(C(F)(F)F)c2)oc1C. The number of nitrogens with zero attached hydrogens (tertiary/aromatic N) is 1. The summed E-state index contributed by atoms with van der Waals surface area (Å²) in [5.74, 6) is -1.35. The maximum Gasteiger partial charge on any atom is 0.416 e. The number of methoxy groups -OCH3 is 1. The van der Waals surface area contributed by atoms with Crippen molar-refractivity contribution in [2.75, 3.05) is 13.7 Å². The number of aryl methyl sites for hydroxylation is 1. The highest BCUT2D eigenvalue weighted by molar-refractivity contribution is 5.95. The van der Waals surface area contributed by atoms with Crippen LogP contribution in [0.15, 0.2) is 28.7 Å². The molecule has 1 aromatic heterocycles. The van der Waals surface area contributed by atoms with Gasteiger partial charge in [0, 0.05) is 5.56 Å². The van der Waals surface area contributed by atoms with Crippen molar-refractivity contribution >= 4 is 11.9 Å². The summed E-state index contributed by atoms with van der Waals surface area (Å²) in [5.41, 5.74) is -0.890. The molecule has 0 fully saturated rings. The molecule has 6 nitrogen and oxygen atoms in total. The van der Waals surface area contributed by atoms with Crippen LogP contribution in [0.25, 0.3) is 11.5 Å². The fourth-order valence-corrected chi connectivity index (χ4v) is 1.87. The van der Waals surface area contributed by atoms with E-state index < -0.39 is 23.6 Å². The first-order valence-corrected chi connectivity index (χ1v) is 6.72. The van der Waals surface area contributed by atoms with Gasteiger partial charge < -0.3 is 14.5 Å². The topological polar surface area (TPSA) is 81.4 Å². The Hall–Kier alpha value is -2.84. The Labute approximate surface area is 134 Å². The van der Waals surface area contributed by atoms with Crippen molar-refractivity contribution < 1.29 is 31.9 Å². The molecule has 1 aromatic carbocycles. The molecule has 0 aliphatic rings. The second-order valence-electron chi connectivity index (χ2n) is 4.76. The number of aromatic nitrogens is 1. The van der Waals surface area contributed by atoms with Crippen molar-refractivity contribution in [3.63, 3.8) is 0 Å². The van der Waals surface area contributed by atoms with Gasteiger partial charge in [0.15, 0.2) is 5.69 Å². The molecule has 9 heteroatoms. The molecule has 1 amide bonds. The average Bonchev–Trinajstić information content (AvgIpc) is 2.93. The van der Waals surface area contributed by atoms with Gasteiger partial charge in [0.1, 0.15) is 12.3 Å². The zero-order valence-corrected chi connectivity index (χ0v) is 12.7. The Balaban J connectivity index is 2.25. The van der Waals surface area contributed by atoms with Crippen molar-refractivity contribution in [3.05, 3.63) is 41.3 Å². The van der Waals surface area contributed by atoms with Crippen LogP contribution in [-0.2, 0) is 15.7 Å². The molecule has 2 aromatic rings. The molecular formula is C15H13F3N2O4. The van der Waals surface area contributed by atoms with Crippen LogP contribution in [0.5, 0.6) is 0 Å². The van der Waals surface area contributed by atoms with E-state index in [9.17, 15) is 22.8 Å². The number of amides is 1. The van der Waals surface area contributed by atoms with Crippen molar-refractivity contribution in [2.45, 2.75) is 13.1 Å². The summed E-state index contributed by atoms with van der Waals surface area (Å²) < 4.78 is 47.9. The minimum Gasteiger partial charge on any atom is -0.468 e. The number of ether oxygens (including phenoxy) is 1. The lowest BCUT2D eigenvalue weighted by Gasteiger charge is -2.06. The van der Waals surface area contributed by atoms with E-state index in [1.165, 1.54) is 26.2 Å². The van der Waals surface area contributed by atoms with Crippen LogP contribution in [-0.4, -0.2) is 30.5 Å². The summed E-state index contributed by atoms with van der Waals surface area (Å²) in [7, 11) is 1.17. The van der Waals surface area contributed by atoms with Crippen LogP contribution >= 0.6 is 0 Å². The number of nitrogens with one attached hydrogen (secondary N) is 1. The largest absolute Gasteiger partial charge is 0.468 e. The number of benzene rings is 1. The van der Waals surface area contributed by atoms with Gasteiger partial charge in [-0.3, -0.25) is 9.59 Å². The van der Waals surface area contributed by atoms with E-state index in [1.807, 2.05) is 0 Å². The molecule has 1 heterocycles. The molecular weight excluding hydrogens is 329 g/mol. The third-order valence-corrected chi connectivity index (χ3v) is 3.07. The van der Waals surface area contributed by atoms with Crippen molar-refractivity contribution in [2.24, 2.45) is 0 Å². The van der Waals surface area contributed by atoms with Crippen LogP contribution in [0.4, 0.5) is 13.2 Å². The molecule has 0 aliphatic heterocycles. The Morgan fingerprint density at radius 3 is 2.67 bits per heavy atom. The summed E-state index contributed by atoms with van der Waals surface area (Å²) >= 11 is 0. The van der Waals surface area contributed by atoms with Crippen LogP contribution in [0.3, 0.4) is 0 Å². The third-order valence-electron chi connectivity index (χ3n) is 3.07. The van der Waals surface area contributed by atoms with Gasteiger partial charge in [0.05, 0.1) is 12.7 Å². The van der Waals surface area contributed by atoms with E-state index in [0.717, 1.165) is 12.1 Å². The molecule has 0 spiro atoms. The first kappa shape index (κ1) is 17.5. The van der Waals surface area contributed by atoms with Crippen molar-refractivity contribution in [3.8, 4) is 11.5 Å². The lowest BCUT2D eigenvalue weighted by atomic mass is 10.1. The third kappa shape index (κ3) is 3.92. The van der Waals surface area contributed by atoms with Gasteiger partial charge in [0.2, 0.25) is 5.89 Å². The highest BCUT2D eigenvalue weighted by Crippen LogP contribution is 2.32. The quantitative estimate of drug-likeness (QED) is 0.864. The van der Waals surface area contributed by atoms with Crippen molar-refractivity contribution in [1.82, 2.24) is 10.3 Å². The zero-order chi connectivity index (χ0) is 17.9. The number of hydrogen-bond acceptors (Lipinski definition) is 5. The lowest BCUT2D eigenvalue weighted by molar-refractivity contribution is -0.139. The van der Waals surface area contributed by atoms with Crippen LogP contribution in [0, 0.1) is 6.92 Å².